The van der Waals surface area contributed by atoms with Crippen molar-refractivity contribution < 1.29 is 13.3 Å². The van der Waals surface area contributed by atoms with Crippen LogP contribution in [0.15, 0.2) is 0 Å². The van der Waals surface area contributed by atoms with Gasteiger partial charge in [0.2, 0.25) is 0 Å². The van der Waals surface area contributed by atoms with Crippen LogP contribution in [0.3, 0.4) is 0 Å². The van der Waals surface area contributed by atoms with E-state index in [4.69, 9.17) is 19.0 Å². The molecule has 1 atom stereocenters. The Morgan fingerprint density at radius 3 is 2.06 bits per heavy atom. The van der Waals surface area contributed by atoms with Crippen molar-refractivity contribution >= 4 is 8.80 Å². The van der Waals surface area contributed by atoms with Gasteiger partial charge in [-0.25, -0.2) is 0 Å². The third-order valence-corrected chi connectivity index (χ3v) is 5.81. The molecule has 0 fully saturated rings. The standard InChI is InChI=1S/C12H29NO3Si/c1-5-12(4)16-17(14-6-2,15-7-3)11-9-8-10-13/h12H,5-11,13H2,1-4H3. The molecule has 0 amide bonds. The van der Waals surface area contributed by atoms with Crippen LogP contribution in [0.25, 0.3) is 0 Å². The van der Waals surface area contributed by atoms with Gasteiger partial charge in [0, 0.05) is 25.4 Å². The van der Waals surface area contributed by atoms with Crippen molar-refractivity contribution in [1.82, 2.24) is 0 Å². The molecule has 0 radical (unpaired) electrons. The second kappa shape index (κ2) is 10.0. The topological polar surface area (TPSA) is 53.7 Å². The molecule has 4 nitrogen and oxygen atoms in total. The smallest absolute Gasteiger partial charge is 0.374 e. The molecular weight excluding hydrogens is 234 g/mol. The zero-order valence-electron chi connectivity index (χ0n) is 11.8. The number of rotatable bonds is 11. The van der Waals surface area contributed by atoms with Gasteiger partial charge in [0.15, 0.2) is 0 Å². The average Bonchev–Trinajstić information content (AvgIpc) is 2.30. The zero-order chi connectivity index (χ0) is 13.1. The van der Waals surface area contributed by atoms with Crippen LogP contribution in [0.4, 0.5) is 0 Å². The monoisotopic (exact) mass is 263 g/mol. The minimum Gasteiger partial charge on any atom is -0.374 e. The predicted molar refractivity (Wildman–Crippen MR) is 72.9 cm³/mol. The molecule has 104 valence electrons. The fourth-order valence-corrected chi connectivity index (χ4v) is 4.60. The molecule has 0 saturated carbocycles. The van der Waals surface area contributed by atoms with Crippen LogP contribution in [0.2, 0.25) is 6.04 Å². The van der Waals surface area contributed by atoms with Crippen LogP contribution >= 0.6 is 0 Å². The highest BCUT2D eigenvalue weighted by Crippen LogP contribution is 2.21. The molecule has 2 N–H and O–H groups in total. The quantitative estimate of drug-likeness (QED) is 0.460. The first-order valence-corrected chi connectivity index (χ1v) is 8.73. The van der Waals surface area contributed by atoms with Gasteiger partial charge in [-0.3, -0.25) is 0 Å². The van der Waals surface area contributed by atoms with Gasteiger partial charge in [-0.2, -0.15) is 0 Å². The summed E-state index contributed by atoms with van der Waals surface area (Å²) < 4.78 is 17.8. The maximum absolute atomic E-state index is 6.07. The van der Waals surface area contributed by atoms with Gasteiger partial charge in [-0.15, -0.1) is 0 Å². The summed E-state index contributed by atoms with van der Waals surface area (Å²) in [6.45, 7) is 10.2. The van der Waals surface area contributed by atoms with E-state index in [9.17, 15) is 0 Å². The minimum atomic E-state index is -2.47. The number of hydrogen-bond acceptors (Lipinski definition) is 4. The van der Waals surface area contributed by atoms with Crippen LogP contribution in [-0.4, -0.2) is 34.7 Å². The SMILES string of the molecule is CCO[Si](CCCCN)(OCC)OC(C)CC. The summed E-state index contributed by atoms with van der Waals surface area (Å²) in [5, 5.41) is 0. The molecule has 0 heterocycles. The molecule has 5 heteroatoms. The Bertz CT molecular complexity index is 175. The van der Waals surface area contributed by atoms with E-state index in [2.05, 4.69) is 13.8 Å². The van der Waals surface area contributed by atoms with Crippen LogP contribution in [0.1, 0.15) is 47.0 Å². The largest absolute Gasteiger partial charge is 0.501 e. The Hall–Kier alpha value is 0.0569. The van der Waals surface area contributed by atoms with Gasteiger partial charge in [-0.05, 0) is 46.6 Å². The third kappa shape index (κ3) is 7.16. The van der Waals surface area contributed by atoms with E-state index in [1.54, 1.807) is 0 Å². The van der Waals surface area contributed by atoms with Crippen LogP contribution in [-0.2, 0) is 13.3 Å². The summed E-state index contributed by atoms with van der Waals surface area (Å²) in [5.74, 6) is 0. The van der Waals surface area contributed by atoms with Crippen LogP contribution in [0, 0.1) is 0 Å². The Balaban J connectivity index is 4.46. The van der Waals surface area contributed by atoms with Gasteiger partial charge in [0.05, 0.1) is 0 Å². The summed E-state index contributed by atoms with van der Waals surface area (Å²) in [6, 6.07) is 0.871. The van der Waals surface area contributed by atoms with Crippen molar-refractivity contribution in [3.63, 3.8) is 0 Å². The van der Waals surface area contributed by atoms with E-state index in [0.717, 1.165) is 25.3 Å². The summed E-state index contributed by atoms with van der Waals surface area (Å²) in [5.41, 5.74) is 5.53. The summed E-state index contributed by atoms with van der Waals surface area (Å²) >= 11 is 0. The maximum atomic E-state index is 6.07. The lowest BCUT2D eigenvalue weighted by Crippen LogP contribution is -2.48. The number of unbranched alkanes of at least 4 members (excludes halogenated alkanes) is 1. The molecule has 0 spiro atoms. The van der Waals surface area contributed by atoms with E-state index < -0.39 is 8.80 Å². The van der Waals surface area contributed by atoms with Gasteiger partial charge in [0.1, 0.15) is 0 Å². The lowest BCUT2D eigenvalue weighted by Gasteiger charge is -2.31. The second-order valence-electron chi connectivity index (χ2n) is 4.13. The van der Waals surface area contributed by atoms with E-state index in [-0.39, 0.29) is 6.10 Å². The van der Waals surface area contributed by atoms with Crippen molar-refractivity contribution in [2.75, 3.05) is 19.8 Å². The average molecular weight is 263 g/mol. The second-order valence-corrected chi connectivity index (χ2v) is 6.81. The highest BCUT2D eigenvalue weighted by atomic mass is 28.4. The van der Waals surface area contributed by atoms with Gasteiger partial charge < -0.3 is 19.0 Å². The van der Waals surface area contributed by atoms with Crippen LogP contribution < -0.4 is 5.73 Å². The highest BCUT2D eigenvalue weighted by molar-refractivity contribution is 6.60. The fraction of sp³-hybridized carbons (Fsp3) is 1.00. The van der Waals surface area contributed by atoms with Gasteiger partial charge in [0.25, 0.3) is 0 Å². The van der Waals surface area contributed by atoms with E-state index in [1.165, 1.54) is 0 Å². The molecule has 0 aromatic carbocycles. The molecule has 0 aromatic heterocycles. The zero-order valence-corrected chi connectivity index (χ0v) is 12.8. The van der Waals surface area contributed by atoms with Crippen molar-refractivity contribution in [2.45, 2.75) is 59.1 Å². The Kier molecular flexibility index (Phi) is 10.1. The molecule has 0 aromatic rings. The minimum absolute atomic E-state index is 0.192. The predicted octanol–water partition coefficient (Wildman–Crippen LogP) is 2.55. The van der Waals surface area contributed by atoms with E-state index in [0.29, 0.717) is 19.8 Å². The normalized spacial score (nSPS) is 13.9. The summed E-state index contributed by atoms with van der Waals surface area (Å²) in [7, 11) is -2.47. The molecular formula is C12H29NO3Si. The molecule has 0 aliphatic heterocycles. The molecule has 0 saturated heterocycles. The maximum Gasteiger partial charge on any atom is 0.501 e. The fourth-order valence-electron chi connectivity index (χ4n) is 1.63. The molecule has 0 rings (SSSR count). The molecule has 17 heavy (non-hydrogen) atoms. The lowest BCUT2D eigenvalue weighted by molar-refractivity contribution is 0.0367. The van der Waals surface area contributed by atoms with Gasteiger partial charge >= 0.3 is 8.80 Å². The molecule has 0 bridgehead atoms. The summed E-state index contributed by atoms with van der Waals surface area (Å²) in [4.78, 5) is 0. The molecule has 1 unspecified atom stereocenters. The van der Waals surface area contributed by atoms with Crippen molar-refractivity contribution in [2.24, 2.45) is 5.73 Å². The first kappa shape index (κ1) is 17.1. The first-order valence-electron chi connectivity index (χ1n) is 6.79. The number of hydrogen-bond donors (Lipinski definition) is 1. The third-order valence-electron chi connectivity index (χ3n) is 2.62. The lowest BCUT2D eigenvalue weighted by atomic mass is 10.3. The van der Waals surface area contributed by atoms with Crippen molar-refractivity contribution in [1.29, 1.82) is 0 Å². The van der Waals surface area contributed by atoms with Crippen molar-refractivity contribution in [3.8, 4) is 0 Å². The first-order chi connectivity index (χ1) is 8.14. The Morgan fingerprint density at radius 1 is 1.06 bits per heavy atom. The van der Waals surface area contributed by atoms with Crippen molar-refractivity contribution in [3.05, 3.63) is 0 Å². The Morgan fingerprint density at radius 2 is 1.65 bits per heavy atom. The van der Waals surface area contributed by atoms with E-state index in [1.807, 2.05) is 13.8 Å². The van der Waals surface area contributed by atoms with Crippen LogP contribution in [0.5, 0.6) is 0 Å². The van der Waals surface area contributed by atoms with E-state index >= 15 is 0 Å². The number of nitrogens with two attached hydrogens (primary N) is 1. The van der Waals surface area contributed by atoms with Gasteiger partial charge in [-0.1, -0.05) is 6.92 Å². The molecule has 0 aliphatic carbocycles. The Labute approximate surface area is 107 Å². The highest BCUT2D eigenvalue weighted by Gasteiger charge is 2.41. The summed E-state index contributed by atoms with van der Waals surface area (Å²) in [6.07, 6.45) is 3.18. The molecule has 0 aliphatic rings.